The topological polar surface area (TPSA) is 8.17 Å². The van der Waals surface area contributed by atoms with Crippen LogP contribution in [0, 0.1) is 0 Å². The van der Waals surface area contributed by atoms with Crippen molar-refractivity contribution in [3.05, 3.63) is 206 Å². The number of para-hydroxylation sites is 2. The van der Waals surface area contributed by atoms with Gasteiger partial charge in [0.15, 0.2) is 0 Å². The summed E-state index contributed by atoms with van der Waals surface area (Å²) in [5.74, 6) is 0. The summed E-state index contributed by atoms with van der Waals surface area (Å²) in [6, 6.07) is 75.8. The van der Waals surface area contributed by atoms with Gasteiger partial charge in [-0.15, -0.1) is 0 Å². The van der Waals surface area contributed by atoms with E-state index in [1.54, 1.807) is 0 Å². The molecular formula is C54H34N2. The van der Waals surface area contributed by atoms with Gasteiger partial charge < -0.3 is 9.47 Å². The molecule has 0 N–H and O–H groups in total. The van der Waals surface area contributed by atoms with Gasteiger partial charge in [0, 0.05) is 33.2 Å². The summed E-state index contributed by atoms with van der Waals surface area (Å²) in [5.41, 5.74) is 9.46. The Hall–Kier alpha value is -7.42. The Kier molecular flexibility index (Phi) is 6.66. The molecule has 12 aromatic rings. The van der Waals surface area contributed by atoms with Gasteiger partial charge in [-0.2, -0.15) is 0 Å². The van der Waals surface area contributed by atoms with Crippen LogP contribution in [0.25, 0.3) is 92.5 Å². The highest BCUT2D eigenvalue weighted by molar-refractivity contribution is 6.33. The van der Waals surface area contributed by atoms with Crippen molar-refractivity contribution in [2.45, 2.75) is 0 Å². The number of fused-ring (bicyclic) bond motifs is 6. The predicted octanol–water partition coefficient (Wildman–Crippen LogP) is 15.1. The lowest BCUT2D eigenvalue weighted by Crippen LogP contribution is -2.10. The van der Waals surface area contributed by atoms with E-state index in [0.717, 1.165) is 11.4 Å². The van der Waals surface area contributed by atoms with Crippen molar-refractivity contribution < 1.29 is 0 Å². The van der Waals surface area contributed by atoms with Crippen LogP contribution in [0.2, 0.25) is 0 Å². The Labute approximate surface area is 324 Å². The summed E-state index contributed by atoms with van der Waals surface area (Å²) in [5, 5.41) is 15.3. The molecule has 1 heterocycles. The van der Waals surface area contributed by atoms with Gasteiger partial charge in [0.1, 0.15) is 0 Å². The Morgan fingerprint density at radius 2 is 0.946 bits per heavy atom. The number of aromatic nitrogens is 1. The standard InChI is InChI=1S/C54H34N2/c1-3-15-43(16-4-1)55(49-20-10-12-35-11-7-8-19-46(35)49)45-28-25-39-31-38(22-23-40(39)32-45)41-27-30-50-48(33-41)54-47-29-26-37-14-9-13-36-21-24-42(53(47)52(36)37)34-51(54)56(50)44-17-5-2-6-18-44/h1-34H. The average Bonchev–Trinajstić information content (AvgIpc) is 3.59. The monoisotopic (exact) mass is 710 g/mol. The molecule has 0 amide bonds. The zero-order valence-electron chi connectivity index (χ0n) is 30.5. The van der Waals surface area contributed by atoms with Gasteiger partial charge in [0.2, 0.25) is 0 Å². The lowest BCUT2D eigenvalue weighted by atomic mass is 9.91. The second-order valence-corrected chi connectivity index (χ2v) is 14.9. The molecule has 260 valence electrons. The van der Waals surface area contributed by atoms with Crippen LogP contribution in [0.3, 0.4) is 0 Å². The van der Waals surface area contributed by atoms with Crippen LogP contribution in [0.5, 0.6) is 0 Å². The first-order valence-corrected chi connectivity index (χ1v) is 19.3. The van der Waals surface area contributed by atoms with Crippen LogP contribution in [0.15, 0.2) is 206 Å². The molecule has 0 radical (unpaired) electrons. The molecule has 1 aromatic heterocycles. The molecule has 2 nitrogen and oxygen atoms in total. The zero-order chi connectivity index (χ0) is 36.7. The molecule has 11 aromatic carbocycles. The Morgan fingerprint density at radius 3 is 1.82 bits per heavy atom. The molecule has 0 unspecified atom stereocenters. The Morgan fingerprint density at radius 1 is 0.304 bits per heavy atom. The molecule has 0 spiro atoms. The predicted molar refractivity (Wildman–Crippen MR) is 240 cm³/mol. The zero-order valence-corrected chi connectivity index (χ0v) is 30.5. The molecule has 0 bridgehead atoms. The second-order valence-electron chi connectivity index (χ2n) is 14.9. The molecule has 12 rings (SSSR count). The van der Waals surface area contributed by atoms with Crippen molar-refractivity contribution in [3.8, 4) is 16.8 Å². The largest absolute Gasteiger partial charge is 0.310 e. The Balaban J connectivity index is 1.04. The van der Waals surface area contributed by atoms with Gasteiger partial charge in [-0.3, -0.25) is 0 Å². The molecular weight excluding hydrogens is 677 g/mol. The normalized spacial score (nSPS) is 11.9. The first-order chi connectivity index (χ1) is 27.8. The van der Waals surface area contributed by atoms with Crippen LogP contribution in [0.1, 0.15) is 0 Å². The highest BCUT2D eigenvalue weighted by Crippen LogP contribution is 2.45. The summed E-state index contributed by atoms with van der Waals surface area (Å²) in [7, 11) is 0. The number of hydrogen-bond acceptors (Lipinski definition) is 1. The number of benzene rings is 11. The minimum atomic E-state index is 1.13. The van der Waals surface area contributed by atoms with E-state index in [4.69, 9.17) is 0 Å². The Bertz CT molecular complexity index is 3450. The molecule has 2 heteroatoms. The van der Waals surface area contributed by atoms with Gasteiger partial charge in [-0.25, -0.2) is 0 Å². The summed E-state index contributed by atoms with van der Waals surface area (Å²) in [6.07, 6.45) is 0. The van der Waals surface area contributed by atoms with E-state index < -0.39 is 0 Å². The second kappa shape index (κ2) is 12.0. The number of hydrogen-bond donors (Lipinski definition) is 0. The SMILES string of the molecule is c1ccc(N(c2ccc3cc(-c4ccc5c(c4)c4c6ccc7cccc8ccc(cc4n5-c4ccccc4)c6c87)ccc3c2)c2cccc3ccccc23)cc1. The number of anilines is 3. The molecule has 0 saturated heterocycles. The molecule has 56 heavy (non-hydrogen) atoms. The van der Waals surface area contributed by atoms with Crippen molar-refractivity contribution in [1.29, 1.82) is 0 Å². The first kappa shape index (κ1) is 31.0. The van der Waals surface area contributed by atoms with E-state index in [0.29, 0.717) is 0 Å². The van der Waals surface area contributed by atoms with Gasteiger partial charge in [0.25, 0.3) is 0 Å². The fraction of sp³-hybridized carbons (Fsp3) is 0. The quantitative estimate of drug-likeness (QED) is 0.161. The third-order valence-corrected chi connectivity index (χ3v) is 11.8. The van der Waals surface area contributed by atoms with Crippen LogP contribution in [-0.4, -0.2) is 4.57 Å². The van der Waals surface area contributed by atoms with Crippen molar-refractivity contribution in [3.63, 3.8) is 0 Å². The highest BCUT2D eigenvalue weighted by Gasteiger charge is 2.20. The van der Waals surface area contributed by atoms with Gasteiger partial charge in [0.05, 0.1) is 16.7 Å². The first-order valence-electron chi connectivity index (χ1n) is 19.3. The number of rotatable bonds is 5. The summed E-state index contributed by atoms with van der Waals surface area (Å²) >= 11 is 0. The third kappa shape index (κ3) is 4.63. The molecule has 0 saturated carbocycles. The van der Waals surface area contributed by atoms with Gasteiger partial charge in [-0.1, -0.05) is 140 Å². The maximum absolute atomic E-state index is 2.44. The van der Waals surface area contributed by atoms with Crippen LogP contribution < -0.4 is 4.90 Å². The molecule has 0 aliphatic heterocycles. The average molecular weight is 711 g/mol. The molecule has 0 atom stereocenters. The van der Waals surface area contributed by atoms with E-state index in [-0.39, 0.29) is 0 Å². The maximum atomic E-state index is 2.44. The van der Waals surface area contributed by atoms with Crippen LogP contribution in [0.4, 0.5) is 17.1 Å². The molecule has 0 fully saturated rings. The highest BCUT2D eigenvalue weighted by atomic mass is 15.1. The van der Waals surface area contributed by atoms with Crippen LogP contribution >= 0.6 is 0 Å². The van der Waals surface area contributed by atoms with Crippen molar-refractivity contribution in [2.24, 2.45) is 0 Å². The van der Waals surface area contributed by atoms with Gasteiger partial charge in [-0.05, 0) is 126 Å². The minimum Gasteiger partial charge on any atom is -0.310 e. The smallest absolute Gasteiger partial charge is 0.0553 e. The summed E-state index contributed by atoms with van der Waals surface area (Å²) in [6.45, 7) is 0. The van der Waals surface area contributed by atoms with Crippen molar-refractivity contribution in [1.82, 2.24) is 4.57 Å². The lowest BCUT2D eigenvalue weighted by Gasteiger charge is -2.27. The fourth-order valence-electron chi connectivity index (χ4n) is 9.31. The number of nitrogens with zero attached hydrogens (tertiary/aromatic N) is 2. The van der Waals surface area contributed by atoms with E-state index in [1.807, 2.05) is 0 Å². The third-order valence-electron chi connectivity index (χ3n) is 11.8. The summed E-state index contributed by atoms with van der Waals surface area (Å²) in [4.78, 5) is 2.38. The van der Waals surface area contributed by atoms with E-state index in [1.165, 1.54) is 98.2 Å². The van der Waals surface area contributed by atoms with Gasteiger partial charge >= 0.3 is 0 Å². The summed E-state index contributed by atoms with van der Waals surface area (Å²) < 4.78 is 2.44. The fourth-order valence-corrected chi connectivity index (χ4v) is 9.31. The van der Waals surface area contributed by atoms with E-state index in [9.17, 15) is 0 Å². The molecule has 0 aliphatic carbocycles. The molecule has 0 aliphatic rings. The minimum absolute atomic E-state index is 1.13. The maximum Gasteiger partial charge on any atom is 0.0553 e. The van der Waals surface area contributed by atoms with Crippen LogP contribution in [-0.2, 0) is 0 Å². The van der Waals surface area contributed by atoms with E-state index >= 15 is 0 Å². The van der Waals surface area contributed by atoms with Crippen molar-refractivity contribution >= 4 is 92.7 Å². The lowest BCUT2D eigenvalue weighted by molar-refractivity contribution is 1.18. The van der Waals surface area contributed by atoms with Crippen molar-refractivity contribution in [2.75, 3.05) is 4.90 Å². The van der Waals surface area contributed by atoms with E-state index in [2.05, 4.69) is 216 Å².